The summed E-state index contributed by atoms with van der Waals surface area (Å²) < 4.78 is 29.0. The zero-order valence-electron chi connectivity index (χ0n) is 23.4. The molecule has 8 heteroatoms. The lowest BCUT2D eigenvalue weighted by Crippen LogP contribution is -2.52. The number of hydrogen-bond donors (Lipinski definition) is 1. The molecule has 0 spiro atoms. The van der Waals surface area contributed by atoms with E-state index < -0.39 is 28.5 Å². The lowest BCUT2D eigenvalue weighted by Gasteiger charge is -2.33. The molecular weight excluding hydrogens is 510 g/mol. The van der Waals surface area contributed by atoms with E-state index in [2.05, 4.69) is 5.32 Å². The van der Waals surface area contributed by atoms with Gasteiger partial charge < -0.3 is 10.2 Å². The Labute approximate surface area is 232 Å². The molecule has 208 valence electrons. The Morgan fingerprint density at radius 1 is 0.897 bits per heavy atom. The molecule has 3 aromatic carbocycles. The molecule has 3 rings (SSSR count). The van der Waals surface area contributed by atoms with Crippen LogP contribution in [-0.2, 0) is 26.2 Å². The number of rotatable bonds is 12. The topological polar surface area (TPSA) is 86.8 Å². The third-order valence-corrected chi connectivity index (χ3v) is 8.28. The van der Waals surface area contributed by atoms with Gasteiger partial charge in [0.05, 0.1) is 10.6 Å². The summed E-state index contributed by atoms with van der Waals surface area (Å²) in [6.07, 6.45) is 0.386. The first-order valence-electron chi connectivity index (χ1n) is 13.3. The highest BCUT2D eigenvalue weighted by Crippen LogP contribution is 2.28. The Morgan fingerprint density at radius 2 is 1.51 bits per heavy atom. The van der Waals surface area contributed by atoms with E-state index >= 15 is 0 Å². The van der Waals surface area contributed by atoms with Gasteiger partial charge in [0.25, 0.3) is 10.0 Å². The molecule has 2 amide bonds. The first-order chi connectivity index (χ1) is 18.5. The summed E-state index contributed by atoms with van der Waals surface area (Å²) in [5, 5.41) is 2.95. The van der Waals surface area contributed by atoms with Gasteiger partial charge in [0.2, 0.25) is 11.8 Å². The maximum atomic E-state index is 14.1. The number of hydrogen-bond acceptors (Lipinski definition) is 4. The zero-order valence-corrected chi connectivity index (χ0v) is 24.2. The number of aryl methyl sites for hydroxylation is 2. The van der Waals surface area contributed by atoms with Crippen LogP contribution in [-0.4, -0.2) is 44.3 Å². The summed E-state index contributed by atoms with van der Waals surface area (Å²) in [6.45, 7) is 9.79. The smallest absolute Gasteiger partial charge is 0.264 e. The van der Waals surface area contributed by atoms with E-state index in [0.29, 0.717) is 18.7 Å². The molecule has 0 saturated heterocycles. The van der Waals surface area contributed by atoms with Crippen molar-refractivity contribution in [2.45, 2.75) is 58.5 Å². The predicted molar refractivity (Wildman–Crippen MR) is 156 cm³/mol. The van der Waals surface area contributed by atoms with Gasteiger partial charge in [0.15, 0.2) is 0 Å². The van der Waals surface area contributed by atoms with E-state index in [-0.39, 0.29) is 23.3 Å². The maximum absolute atomic E-state index is 14.1. The number of nitrogens with one attached hydrogen (secondary N) is 1. The monoisotopic (exact) mass is 549 g/mol. The SMILES string of the molecule is CC[C@H](C(=O)NCC(C)C)N(Cc1ccccc1)C(=O)CN(c1cc(C)ccc1C)S(=O)(=O)c1ccccc1. The van der Waals surface area contributed by atoms with Crippen LogP contribution < -0.4 is 9.62 Å². The van der Waals surface area contributed by atoms with Gasteiger partial charge >= 0.3 is 0 Å². The number of carbonyl (C=O) groups is 2. The van der Waals surface area contributed by atoms with E-state index in [1.54, 1.807) is 24.3 Å². The highest BCUT2D eigenvalue weighted by Gasteiger charge is 2.34. The van der Waals surface area contributed by atoms with E-state index in [0.717, 1.165) is 16.7 Å². The van der Waals surface area contributed by atoms with Crippen molar-refractivity contribution < 1.29 is 18.0 Å². The van der Waals surface area contributed by atoms with Gasteiger partial charge in [-0.25, -0.2) is 8.42 Å². The fraction of sp³-hybridized carbons (Fsp3) is 0.355. The van der Waals surface area contributed by atoms with Gasteiger partial charge in [-0.2, -0.15) is 0 Å². The van der Waals surface area contributed by atoms with Gasteiger partial charge in [-0.15, -0.1) is 0 Å². The van der Waals surface area contributed by atoms with Crippen LogP contribution >= 0.6 is 0 Å². The molecule has 7 nitrogen and oxygen atoms in total. The molecule has 3 aromatic rings. The van der Waals surface area contributed by atoms with E-state index in [1.807, 2.05) is 77.1 Å². The molecule has 1 atom stereocenters. The summed E-state index contributed by atoms with van der Waals surface area (Å²) in [6, 6.07) is 22.3. The average Bonchev–Trinajstić information content (AvgIpc) is 2.92. The number of anilines is 1. The van der Waals surface area contributed by atoms with Gasteiger partial charge in [-0.3, -0.25) is 13.9 Å². The predicted octanol–water partition coefficient (Wildman–Crippen LogP) is 5.08. The molecule has 0 radical (unpaired) electrons. The summed E-state index contributed by atoms with van der Waals surface area (Å²) in [5.74, 6) is -0.453. The van der Waals surface area contributed by atoms with E-state index in [1.165, 1.54) is 21.3 Å². The van der Waals surface area contributed by atoms with Crippen molar-refractivity contribution in [2.24, 2.45) is 5.92 Å². The summed E-state index contributed by atoms with van der Waals surface area (Å²) in [7, 11) is -4.08. The molecule has 0 bridgehead atoms. The van der Waals surface area contributed by atoms with Crippen molar-refractivity contribution in [1.82, 2.24) is 10.2 Å². The maximum Gasteiger partial charge on any atom is 0.264 e. The van der Waals surface area contributed by atoms with Crippen LogP contribution in [0.2, 0.25) is 0 Å². The fourth-order valence-corrected chi connectivity index (χ4v) is 5.83. The van der Waals surface area contributed by atoms with Gasteiger partial charge in [-0.1, -0.05) is 81.4 Å². The molecule has 0 heterocycles. The zero-order chi connectivity index (χ0) is 28.6. The standard InChI is InChI=1S/C31H39N3O4S/c1-6-28(31(36)32-20-23(2)3)33(21-26-13-9-7-10-14-26)30(35)22-34(29-19-24(4)17-18-25(29)5)39(37,38)27-15-11-8-12-16-27/h7-19,23,28H,6,20-22H2,1-5H3,(H,32,36)/t28-/m1/s1. The van der Waals surface area contributed by atoms with E-state index in [9.17, 15) is 18.0 Å². The quantitative estimate of drug-likeness (QED) is 0.341. The second kappa shape index (κ2) is 13.4. The molecule has 1 N–H and O–H groups in total. The minimum absolute atomic E-state index is 0.0926. The minimum atomic E-state index is -4.08. The highest BCUT2D eigenvalue weighted by atomic mass is 32.2. The van der Waals surface area contributed by atoms with Crippen LogP contribution in [0, 0.1) is 19.8 Å². The lowest BCUT2D eigenvalue weighted by molar-refractivity contribution is -0.140. The Morgan fingerprint density at radius 3 is 2.10 bits per heavy atom. The largest absolute Gasteiger partial charge is 0.354 e. The highest BCUT2D eigenvalue weighted by molar-refractivity contribution is 7.92. The van der Waals surface area contributed by atoms with Crippen LogP contribution in [0.5, 0.6) is 0 Å². The van der Waals surface area contributed by atoms with Crippen LogP contribution in [0.3, 0.4) is 0 Å². The molecule has 0 unspecified atom stereocenters. The Kier molecular flexibility index (Phi) is 10.3. The molecule has 0 aromatic heterocycles. The molecule has 0 fully saturated rings. The van der Waals surface area contributed by atoms with Gasteiger partial charge in [0.1, 0.15) is 12.6 Å². The summed E-state index contributed by atoms with van der Waals surface area (Å²) in [4.78, 5) is 28.9. The van der Waals surface area contributed by atoms with Crippen molar-refractivity contribution in [3.63, 3.8) is 0 Å². The van der Waals surface area contributed by atoms with Crippen molar-refractivity contribution in [3.05, 3.63) is 95.6 Å². The molecule has 0 aliphatic carbocycles. The third kappa shape index (κ3) is 7.69. The van der Waals surface area contributed by atoms with Crippen molar-refractivity contribution in [3.8, 4) is 0 Å². The van der Waals surface area contributed by atoms with Crippen LogP contribution in [0.4, 0.5) is 5.69 Å². The average molecular weight is 550 g/mol. The Balaban J connectivity index is 2.06. The second-order valence-electron chi connectivity index (χ2n) is 10.2. The van der Waals surface area contributed by atoms with E-state index in [4.69, 9.17) is 0 Å². The first kappa shape index (κ1) is 29.9. The van der Waals surface area contributed by atoms with Gasteiger partial charge in [0, 0.05) is 13.1 Å². The number of benzene rings is 3. The van der Waals surface area contributed by atoms with Crippen molar-refractivity contribution >= 4 is 27.5 Å². The number of nitrogens with zero attached hydrogens (tertiary/aromatic N) is 2. The molecule has 0 saturated carbocycles. The van der Waals surface area contributed by atoms with Crippen molar-refractivity contribution in [2.75, 3.05) is 17.4 Å². The number of carbonyl (C=O) groups excluding carboxylic acids is 2. The van der Waals surface area contributed by atoms with Crippen LogP contribution in [0.1, 0.15) is 43.9 Å². The number of amides is 2. The van der Waals surface area contributed by atoms with Crippen LogP contribution in [0.25, 0.3) is 0 Å². The Hall–Kier alpha value is -3.65. The first-order valence-corrected chi connectivity index (χ1v) is 14.7. The number of sulfonamides is 1. The van der Waals surface area contributed by atoms with Gasteiger partial charge in [-0.05, 0) is 61.1 Å². The molecule has 0 aliphatic heterocycles. The summed E-state index contributed by atoms with van der Waals surface area (Å²) in [5.41, 5.74) is 2.88. The Bertz CT molecular complexity index is 1360. The third-order valence-electron chi connectivity index (χ3n) is 6.51. The lowest BCUT2D eigenvalue weighted by atomic mass is 10.1. The second-order valence-corrected chi connectivity index (χ2v) is 12.0. The minimum Gasteiger partial charge on any atom is -0.354 e. The normalized spacial score (nSPS) is 12.2. The van der Waals surface area contributed by atoms with Crippen LogP contribution in [0.15, 0.2) is 83.8 Å². The fourth-order valence-electron chi connectivity index (χ4n) is 4.34. The molecule has 0 aliphatic rings. The summed E-state index contributed by atoms with van der Waals surface area (Å²) >= 11 is 0. The molecular formula is C31H39N3O4S. The van der Waals surface area contributed by atoms with Crippen molar-refractivity contribution in [1.29, 1.82) is 0 Å². The molecule has 39 heavy (non-hydrogen) atoms.